The maximum Gasteiger partial charge on any atom is 0.468 e. The average molecular weight is 421 g/mol. The third-order valence-corrected chi connectivity index (χ3v) is 4.93. The van der Waals surface area contributed by atoms with E-state index in [-0.39, 0.29) is 21.7 Å². The van der Waals surface area contributed by atoms with Gasteiger partial charge < -0.3 is 4.42 Å². The number of sulfonamides is 1. The van der Waals surface area contributed by atoms with Crippen LogP contribution < -0.4 is 4.72 Å². The fourth-order valence-corrected chi connectivity index (χ4v) is 3.25. The van der Waals surface area contributed by atoms with Gasteiger partial charge in [0.25, 0.3) is 10.0 Å². The molecule has 3 aromatic rings. The van der Waals surface area contributed by atoms with E-state index in [4.69, 9.17) is 0 Å². The standard InChI is InChI=1S/C14H8BrF3N2O3S/c15-8-1-4-10(5-2-8)24(21,22)20-9-3-6-12-11(7-9)19-13(23-12)14(16,17)18/h1-7,20H. The first-order valence-corrected chi connectivity index (χ1v) is 8.69. The van der Waals surface area contributed by atoms with E-state index in [0.717, 1.165) is 0 Å². The number of halogens is 4. The number of fused-ring (bicyclic) bond motifs is 1. The van der Waals surface area contributed by atoms with E-state index in [1.807, 2.05) is 0 Å². The molecular formula is C14H8BrF3N2O3S. The average Bonchev–Trinajstić information content (AvgIpc) is 2.90. The van der Waals surface area contributed by atoms with Crippen LogP contribution in [0.3, 0.4) is 0 Å². The summed E-state index contributed by atoms with van der Waals surface area (Å²) >= 11 is 3.20. The molecule has 0 amide bonds. The number of oxazole rings is 1. The quantitative estimate of drug-likeness (QED) is 0.680. The van der Waals surface area contributed by atoms with Gasteiger partial charge in [-0.05, 0) is 42.5 Å². The largest absolute Gasteiger partial charge is 0.468 e. The summed E-state index contributed by atoms with van der Waals surface area (Å²) in [7, 11) is -3.87. The zero-order valence-corrected chi connectivity index (χ0v) is 14.0. The summed E-state index contributed by atoms with van der Waals surface area (Å²) in [5, 5.41) is 0. The Balaban J connectivity index is 1.93. The highest BCUT2D eigenvalue weighted by Gasteiger charge is 2.37. The summed E-state index contributed by atoms with van der Waals surface area (Å²) in [6.07, 6.45) is -4.71. The van der Waals surface area contributed by atoms with Crippen LogP contribution >= 0.6 is 15.9 Å². The number of hydrogen-bond donors (Lipinski definition) is 1. The van der Waals surface area contributed by atoms with Gasteiger partial charge >= 0.3 is 12.1 Å². The minimum absolute atomic E-state index is 0.0157. The smallest absolute Gasteiger partial charge is 0.433 e. The summed E-state index contributed by atoms with van der Waals surface area (Å²) in [5.74, 6) is -1.38. The lowest BCUT2D eigenvalue weighted by molar-refractivity contribution is -0.156. The third-order valence-electron chi connectivity index (χ3n) is 3.01. The Morgan fingerprint density at radius 3 is 2.38 bits per heavy atom. The predicted octanol–water partition coefficient (Wildman–Crippen LogP) is 4.41. The van der Waals surface area contributed by atoms with E-state index in [1.54, 1.807) is 12.1 Å². The van der Waals surface area contributed by atoms with E-state index >= 15 is 0 Å². The molecule has 1 N–H and O–H groups in total. The molecule has 0 aliphatic rings. The predicted molar refractivity (Wildman–Crippen MR) is 84.0 cm³/mol. The second-order valence-corrected chi connectivity index (χ2v) is 7.36. The minimum Gasteiger partial charge on any atom is -0.433 e. The van der Waals surface area contributed by atoms with Gasteiger partial charge in [0, 0.05) is 4.47 Å². The van der Waals surface area contributed by atoms with Crippen LogP contribution in [-0.2, 0) is 16.2 Å². The van der Waals surface area contributed by atoms with Gasteiger partial charge in [-0.25, -0.2) is 13.4 Å². The first-order chi connectivity index (χ1) is 11.1. The summed E-state index contributed by atoms with van der Waals surface area (Å²) < 4.78 is 69.9. The molecule has 0 radical (unpaired) electrons. The van der Waals surface area contributed by atoms with Crippen LogP contribution in [0.1, 0.15) is 5.89 Å². The fraction of sp³-hybridized carbons (Fsp3) is 0.0714. The van der Waals surface area contributed by atoms with Crippen molar-refractivity contribution >= 4 is 42.7 Å². The van der Waals surface area contributed by atoms with Gasteiger partial charge in [-0.15, -0.1) is 0 Å². The molecule has 24 heavy (non-hydrogen) atoms. The summed E-state index contributed by atoms with van der Waals surface area (Å²) in [4.78, 5) is 3.34. The van der Waals surface area contributed by atoms with Crippen LogP contribution in [-0.4, -0.2) is 13.4 Å². The highest BCUT2D eigenvalue weighted by Crippen LogP contribution is 2.32. The van der Waals surface area contributed by atoms with Gasteiger partial charge in [-0.3, -0.25) is 4.72 Å². The minimum atomic E-state index is -4.71. The zero-order valence-electron chi connectivity index (χ0n) is 11.6. The number of rotatable bonds is 3. The Bertz CT molecular complexity index is 998. The summed E-state index contributed by atoms with van der Waals surface area (Å²) in [6.45, 7) is 0. The van der Waals surface area contributed by atoms with Crippen molar-refractivity contribution in [1.29, 1.82) is 0 Å². The van der Waals surface area contributed by atoms with Crippen molar-refractivity contribution in [2.45, 2.75) is 11.1 Å². The molecule has 0 aliphatic carbocycles. The molecule has 0 saturated heterocycles. The second kappa shape index (κ2) is 5.78. The molecule has 0 bridgehead atoms. The maximum absolute atomic E-state index is 12.6. The van der Waals surface area contributed by atoms with Crippen molar-refractivity contribution in [3.63, 3.8) is 0 Å². The monoisotopic (exact) mass is 420 g/mol. The van der Waals surface area contributed by atoms with Gasteiger partial charge in [0.15, 0.2) is 5.58 Å². The first kappa shape index (κ1) is 16.8. The molecule has 0 saturated carbocycles. The van der Waals surface area contributed by atoms with E-state index in [2.05, 4.69) is 30.1 Å². The Labute approximate surface area is 142 Å². The van der Waals surface area contributed by atoms with Gasteiger partial charge in [0.05, 0.1) is 10.6 Å². The third kappa shape index (κ3) is 3.39. The molecule has 2 aromatic carbocycles. The molecule has 1 heterocycles. The van der Waals surface area contributed by atoms with Crippen molar-refractivity contribution in [2.75, 3.05) is 4.72 Å². The number of alkyl halides is 3. The lowest BCUT2D eigenvalue weighted by atomic mass is 10.3. The van der Waals surface area contributed by atoms with Crippen LogP contribution in [0, 0.1) is 0 Å². The molecule has 10 heteroatoms. The van der Waals surface area contributed by atoms with Crippen molar-refractivity contribution in [3.05, 3.63) is 52.8 Å². The molecule has 0 aliphatic heterocycles. The lowest BCUT2D eigenvalue weighted by Gasteiger charge is -2.07. The molecular weight excluding hydrogens is 413 g/mol. The fourth-order valence-electron chi connectivity index (χ4n) is 1.94. The number of benzene rings is 2. The molecule has 5 nitrogen and oxygen atoms in total. The Morgan fingerprint density at radius 1 is 1.08 bits per heavy atom. The first-order valence-electron chi connectivity index (χ1n) is 6.41. The van der Waals surface area contributed by atoms with Crippen LogP contribution in [0.2, 0.25) is 0 Å². The molecule has 126 valence electrons. The lowest BCUT2D eigenvalue weighted by Crippen LogP contribution is -2.12. The summed E-state index contributed by atoms with van der Waals surface area (Å²) in [5.41, 5.74) is -0.111. The normalized spacial score (nSPS) is 12.5. The van der Waals surface area contributed by atoms with E-state index < -0.39 is 22.1 Å². The molecule has 0 unspecified atom stereocenters. The highest BCUT2D eigenvalue weighted by molar-refractivity contribution is 9.10. The number of hydrogen-bond acceptors (Lipinski definition) is 4. The van der Waals surface area contributed by atoms with Crippen LogP contribution in [0.4, 0.5) is 18.9 Å². The Kier molecular flexibility index (Phi) is 4.04. The van der Waals surface area contributed by atoms with Crippen molar-refractivity contribution in [1.82, 2.24) is 4.98 Å². The van der Waals surface area contributed by atoms with Crippen LogP contribution in [0.15, 0.2) is 56.2 Å². The van der Waals surface area contributed by atoms with Gasteiger partial charge in [-0.1, -0.05) is 15.9 Å². The van der Waals surface area contributed by atoms with Crippen LogP contribution in [0.5, 0.6) is 0 Å². The molecule has 3 rings (SSSR count). The van der Waals surface area contributed by atoms with Crippen LogP contribution in [0.25, 0.3) is 11.1 Å². The summed E-state index contributed by atoms with van der Waals surface area (Å²) in [6, 6.07) is 9.59. The maximum atomic E-state index is 12.6. The van der Waals surface area contributed by atoms with Crippen molar-refractivity contribution in [2.24, 2.45) is 0 Å². The van der Waals surface area contributed by atoms with Gasteiger partial charge in [-0.2, -0.15) is 13.2 Å². The Morgan fingerprint density at radius 2 is 1.75 bits per heavy atom. The number of anilines is 1. The molecule has 0 fully saturated rings. The molecule has 0 atom stereocenters. The second-order valence-electron chi connectivity index (χ2n) is 4.76. The van der Waals surface area contributed by atoms with Gasteiger partial charge in [0.2, 0.25) is 0 Å². The van der Waals surface area contributed by atoms with Gasteiger partial charge in [0.1, 0.15) is 5.52 Å². The highest BCUT2D eigenvalue weighted by atomic mass is 79.9. The Hall–Kier alpha value is -2.07. The SMILES string of the molecule is O=S(=O)(Nc1ccc2oc(C(F)(F)F)nc2c1)c1ccc(Br)cc1. The molecule has 1 aromatic heterocycles. The molecule has 0 spiro atoms. The number of nitrogens with one attached hydrogen (secondary N) is 1. The van der Waals surface area contributed by atoms with E-state index in [0.29, 0.717) is 4.47 Å². The van der Waals surface area contributed by atoms with E-state index in [9.17, 15) is 21.6 Å². The van der Waals surface area contributed by atoms with Crippen molar-refractivity contribution in [3.8, 4) is 0 Å². The number of nitrogens with zero attached hydrogens (tertiary/aromatic N) is 1. The zero-order chi connectivity index (χ0) is 17.5. The topological polar surface area (TPSA) is 72.2 Å². The number of aromatic nitrogens is 1. The van der Waals surface area contributed by atoms with E-state index in [1.165, 1.54) is 30.3 Å². The van der Waals surface area contributed by atoms with Crippen molar-refractivity contribution < 1.29 is 26.0 Å².